The number of carbonyl (C=O) groups is 1. The number of fused-ring (bicyclic) bond motifs is 1. The molecular weight excluding hydrogens is 488 g/mol. The number of aliphatic imine (C=N–C) groups is 1. The summed E-state index contributed by atoms with van der Waals surface area (Å²) in [5, 5.41) is 14.4. The number of rotatable bonds is 9. The molecule has 0 radical (unpaired) electrons. The average Bonchev–Trinajstić information content (AvgIpc) is 3.24. The topological polar surface area (TPSA) is 102 Å². The first-order valence-corrected chi connectivity index (χ1v) is 12.6. The van der Waals surface area contributed by atoms with E-state index >= 15 is 0 Å². The van der Waals surface area contributed by atoms with Crippen LogP contribution >= 0.6 is 11.6 Å². The summed E-state index contributed by atoms with van der Waals surface area (Å²) in [6.45, 7) is 2.73. The largest absolute Gasteiger partial charge is 0.493 e. The van der Waals surface area contributed by atoms with Gasteiger partial charge in [0.05, 0.1) is 18.7 Å². The summed E-state index contributed by atoms with van der Waals surface area (Å²) in [4.78, 5) is 17.8. The number of nitrogens with two attached hydrogens (primary N) is 1. The van der Waals surface area contributed by atoms with Gasteiger partial charge in [-0.05, 0) is 52.9 Å². The van der Waals surface area contributed by atoms with Crippen molar-refractivity contribution in [1.29, 1.82) is 0 Å². The minimum Gasteiger partial charge on any atom is -0.493 e. The Hall–Kier alpha value is -3.65. The minimum absolute atomic E-state index is 0.181. The molecule has 0 aliphatic heterocycles. The van der Waals surface area contributed by atoms with Crippen LogP contribution in [0.4, 0.5) is 0 Å². The molecule has 0 aliphatic carbocycles. The van der Waals surface area contributed by atoms with Crippen LogP contribution in [0, 0.1) is 0 Å². The fourth-order valence-electron chi connectivity index (χ4n) is 4.18. The summed E-state index contributed by atoms with van der Waals surface area (Å²) >= 11 is 6.36. The number of hydrogen-bond acceptors (Lipinski definition) is 5. The number of aliphatic hydroxyl groups is 1. The van der Waals surface area contributed by atoms with Crippen molar-refractivity contribution in [2.24, 2.45) is 17.8 Å². The van der Waals surface area contributed by atoms with Gasteiger partial charge in [0.1, 0.15) is 18.2 Å². The first kappa shape index (κ1) is 26.4. The van der Waals surface area contributed by atoms with Gasteiger partial charge in [-0.15, -0.1) is 0 Å². The molecule has 4 aromatic rings. The first-order valence-electron chi connectivity index (χ1n) is 12.2. The van der Waals surface area contributed by atoms with Crippen LogP contribution < -0.4 is 15.8 Å². The van der Waals surface area contributed by atoms with Gasteiger partial charge in [0.15, 0.2) is 0 Å². The lowest BCUT2D eigenvalue weighted by Gasteiger charge is -2.14. The molecule has 1 heterocycles. The van der Waals surface area contributed by atoms with E-state index in [0.717, 1.165) is 39.6 Å². The van der Waals surface area contributed by atoms with E-state index in [1.165, 1.54) is 0 Å². The predicted octanol–water partition coefficient (Wildman–Crippen LogP) is 5.07. The molecule has 0 saturated heterocycles. The zero-order valence-corrected chi connectivity index (χ0v) is 21.8. The van der Waals surface area contributed by atoms with Gasteiger partial charge >= 0.3 is 0 Å². The van der Waals surface area contributed by atoms with E-state index in [4.69, 9.17) is 22.1 Å². The maximum atomic E-state index is 13.3. The molecular formula is C29H31ClN4O3. The predicted molar refractivity (Wildman–Crippen MR) is 149 cm³/mol. The van der Waals surface area contributed by atoms with E-state index in [9.17, 15) is 9.90 Å². The molecule has 0 atom stereocenters. The molecule has 0 fully saturated rings. The molecule has 1 aromatic heterocycles. The highest BCUT2D eigenvalue weighted by Gasteiger charge is 2.17. The Morgan fingerprint density at radius 1 is 1.11 bits per heavy atom. The molecule has 0 aliphatic rings. The number of aliphatic hydroxyl groups excluding tert-OH is 1. The lowest BCUT2D eigenvalue weighted by Crippen LogP contribution is -2.33. The summed E-state index contributed by atoms with van der Waals surface area (Å²) in [7, 11) is 1.98. The fraction of sp³-hybridized carbons (Fsp3) is 0.241. The SMILES string of the molecule is CCCOc1ccc(-c2ccc(CN)c(Cl)c2)cc1C(=O)NC(CO)=NCc1cn(C)c2ccccc12. The second kappa shape index (κ2) is 12.1. The van der Waals surface area contributed by atoms with Crippen LogP contribution in [0.1, 0.15) is 34.8 Å². The second-order valence-electron chi connectivity index (χ2n) is 8.73. The number of carbonyl (C=O) groups excluding carboxylic acids is 1. The zero-order valence-electron chi connectivity index (χ0n) is 21.0. The Bertz CT molecular complexity index is 1440. The number of amides is 1. The highest BCUT2D eigenvalue weighted by molar-refractivity contribution is 6.31. The van der Waals surface area contributed by atoms with Crippen LogP contribution in [0.15, 0.2) is 71.9 Å². The average molecular weight is 519 g/mol. The van der Waals surface area contributed by atoms with Gasteiger partial charge in [-0.25, -0.2) is 0 Å². The number of aromatic nitrogens is 1. The third-order valence-corrected chi connectivity index (χ3v) is 6.47. The highest BCUT2D eigenvalue weighted by Crippen LogP contribution is 2.30. The monoisotopic (exact) mass is 518 g/mol. The molecule has 4 N–H and O–H groups in total. The Morgan fingerprint density at radius 3 is 2.59 bits per heavy atom. The number of aryl methyl sites for hydroxylation is 1. The maximum absolute atomic E-state index is 13.3. The van der Waals surface area contributed by atoms with Gasteiger partial charge in [0.2, 0.25) is 0 Å². The van der Waals surface area contributed by atoms with Crippen molar-refractivity contribution in [2.75, 3.05) is 13.2 Å². The molecule has 4 rings (SSSR count). The summed E-state index contributed by atoms with van der Waals surface area (Å²) in [5.41, 5.74) is 10.7. The van der Waals surface area contributed by atoms with E-state index < -0.39 is 12.5 Å². The van der Waals surface area contributed by atoms with Gasteiger partial charge < -0.3 is 25.5 Å². The van der Waals surface area contributed by atoms with Gasteiger partial charge in [0, 0.05) is 35.7 Å². The number of benzene rings is 3. The van der Waals surface area contributed by atoms with Gasteiger partial charge in [-0.1, -0.05) is 54.9 Å². The molecule has 8 heteroatoms. The molecule has 0 bridgehead atoms. The van der Waals surface area contributed by atoms with Crippen molar-refractivity contribution >= 4 is 34.2 Å². The van der Waals surface area contributed by atoms with Crippen molar-refractivity contribution in [3.8, 4) is 16.9 Å². The molecule has 0 saturated carbocycles. The number of para-hydroxylation sites is 1. The summed E-state index contributed by atoms with van der Waals surface area (Å²) in [6, 6.07) is 19.1. The number of halogens is 1. The zero-order chi connectivity index (χ0) is 26.4. The molecule has 192 valence electrons. The van der Waals surface area contributed by atoms with Crippen LogP contribution in [0.2, 0.25) is 5.02 Å². The summed E-state index contributed by atoms with van der Waals surface area (Å²) in [5.74, 6) is 0.225. The molecule has 1 amide bonds. The quantitative estimate of drug-likeness (QED) is 0.213. The lowest BCUT2D eigenvalue weighted by atomic mass is 10.0. The molecule has 0 spiro atoms. The normalized spacial score (nSPS) is 11.6. The Morgan fingerprint density at radius 2 is 1.86 bits per heavy atom. The van der Waals surface area contributed by atoms with E-state index in [2.05, 4.69) is 10.3 Å². The fourth-order valence-corrected chi connectivity index (χ4v) is 4.43. The van der Waals surface area contributed by atoms with Gasteiger partial charge in [0.25, 0.3) is 5.91 Å². The number of amidine groups is 1. The summed E-state index contributed by atoms with van der Waals surface area (Å²) < 4.78 is 7.88. The van der Waals surface area contributed by atoms with Crippen LogP contribution in [-0.2, 0) is 20.1 Å². The van der Waals surface area contributed by atoms with Crippen LogP contribution in [0.5, 0.6) is 5.75 Å². The number of nitrogens with zero attached hydrogens (tertiary/aromatic N) is 2. The third kappa shape index (κ3) is 6.02. The molecule has 0 unspecified atom stereocenters. The highest BCUT2D eigenvalue weighted by atomic mass is 35.5. The van der Waals surface area contributed by atoms with E-state index in [0.29, 0.717) is 36.0 Å². The van der Waals surface area contributed by atoms with Crippen molar-refractivity contribution in [3.63, 3.8) is 0 Å². The molecule has 37 heavy (non-hydrogen) atoms. The smallest absolute Gasteiger partial charge is 0.260 e. The Balaban J connectivity index is 1.61. The van der Waals surface area contributed by atoms with Crippen molar-refractivity contribution < 1.29 is 14.6 Å². The second-order valence-corrected chi connectivity index (χ2v) is 9.13. The van der Waals surface area contributed by atoms with Crippen molar-refractivity contribution in [3.05, 3.63) is 88.6 Å². The van der Waals surface area contributed by atoms with Gasteiger partial charge in [-0.2, -0.15) is 0 Å². The molecule has 7 nitrogen and oxygen atoms in total. The maximum Gasteiger partial charge on any atom is 0.260 e. The van der Waals surface area contributed by atoms with Crippen LogP contribution in [-0.4, -0.2) is 34.6 Å². The number of hydrogen-bond donors (Lipinski definition) is 3. The van der Waals surface area contributed by atoms with Crippen LogP contribution in [0.25, 0.3) is 22.0 Å². The Kier molecular flexibility index (Phi) is 8.61. The number of nitrogens with one attached hydrogen (secondary N) is 1. The van der Waals surface area contributed by atoms with Crippen molar-refractivity contribution in [2.45, 2.75) is 26.4 Å². The lowest BCUT2D eigenvalue weighted by molar-refractivity contribution is 0.0970. The molecule has 3 aromatic carbocycles. The third-order valence-electron chi connectivity index (χ3n) is 6.12. The van der Waals surface area contributed by atoms with Gasteiger partial charge in [-0.3, -0.25) is 9.79 Å². The summed E-state index contributed by atoms with van der Waals surface area (Å²) in [6.07, 6.45) is 2.81. The Labute approximate surface area is 221 Å². The standard InChI is InChI=1S/C29H31ClN4O3/c1-3-12-37-27-11-10-19(20-8-9-21(15-31)25(30)14-20)13-24(27)29(36)33-28(18-35)32-16-22-17-34(2)26-7-5-4-6-23(22)26/h4-11,13-14,17,35H,3,12,15-16,18,31H2,1-2H3,(H,32,33,36). The van der Waals surface area contributed by atoms with Crippen LogP contribution in [0.3, 0.4) is 0 Å². The minimum atomic E-state index is -0.414. The van der Waals surface area contributed by atoms with E-state index in [1.54, 1.807) is 12.1 Å². The van der Waals surface area contributed by atoms with E-state index in [-0.39, 0.29) is 5.84 Å². The van der Waals surface area contributed by atoms with E-state index in [1.807, 2.05) is 73.3 Å². The van der Waals surface area contributed by atoms with Crippen molar-refractivity contribution in [1.82, 2.24) is 9.88 Å². The number of ether oxygens (including phenoxy) is 1. The first-order chi connectivity index (χ1) is 17.9.